The van der Waals surface area contributed by atoms with Crippen LogP contribution >= 0.6 is 24.0 Å². The summed E-state index contributed by atoms with van der Waals surface area (Å²) in [4.78, 5) is 16.0. The Balaban J connectivity index is 0.00000625. The second-order valence-corrected chi connectivity index (χ2v) is 6.58. The highest BCUT2D eigenvalue weighted by atomic mass is 127. The molecule has 0 fully saturated rings. The molecule has 1 aromatic rings. The number of amides is 1. The summed E-state index contributed by atoms with van der Waals surface area (Å²) in [5, 5.41) is 9.08. The van der Waals surface area contributed by atoms with E-state index in [1.807, 2.05) is 39.0 Å². The van der Waals surface area contributed by atoms with Crippen molar-refractivity contribution >= 4 is 35.8 Å². The van der Waals surface area contributed by atoms with E-state index in [1.165, 1.54) is 0 Å². The fourth-order valence-corrected chi connectivity index (χ4v) is 2.24. The number of hydrogen-bond acceptors (Lipinski definition) is 4. The fourth-order valence-electron chi connectivity index (χ4n) is 2.24. The molecule has 0 aliphatic heterocycles. The summed E-state index contributed by atoms with van der Waals surface area (Å²) in [6, 6.07) is 5.70. The molecule has 0 aromatic heterocycles. The number of ether oxygens (including phenoxy) is 2. The SMILES string of the molecule is CN=C(NCCc1cc(OC)ccc1OC)NCC(=O)NC(C)(C)C.I. The van der Waals surface area contributed by atoms with Gasteiger partial charge >= 0.3 is 0 Å². The van der Waals surface area contributed by atoms with Gasteiger partial charge in [0.25, 0.3) is 0 Å². The van der Waals surface area contributed by atoms with Crippen LogP contribution < -0.4 is 25.4 Å². The van der Waals surface area contributed by atoms with Gasteiger partial charge in [-0.05, 0) is 51.0 Å². The van der Waals surface area contributed by atoms with Crippen LogP contribution in [0.2, 0.25) is 0 Å². The van der Waals surface area contributed by atoms with E-state index in [1.54, 1.807) is 21.3 Å². The number of methoxy groups -OCH3 is 2. The molecule has 1 amide bonds. The molecule has 0 bridgehead atoms. The van der Waals surface area contributed by atoms with Crippen molar-refractivity contribution in [2.45, 2.75) is 32.7 Å². The summed E-state index contributed by atoms with van der Waals surface area (Å²) in [6.45, 7) is 6.64. The van der Waals surface area contributed by atoms with Crippen LogP contribution in [0.15, 0.2) is 23.2 Å². The van der Waals surface area contributed by atoms with Gasteiger partial charge in [-0.3, -0.25) is 9.79 Å². The largest absolute Gasteiger partial charge is 0.497 e. The first-order valence-electron chi connectivity index (χ1n) is 8.25. The lowest BCUT2D eigenvalue weighted by Crippen LogP contribution is -2.48. The minimum Gasteiger partial charge on any atom is -0.497 e. The van der Waals surface area contributed by atoms with Crippen molar-refractivity contribution in [1.82, 2.24) is 16.0 Å². The van der Waals surface area contributed by atoms with E-state index < -0.39 is 0 Å². The molecule has 0 radical (unpaired) electrons. The summed E-state index contributed by atoms with van der Waals surface area (Å²) >= 11 is 0. The molecule has 0 spiro atoms. The standard InChI is InChI=1S/C18H30N4O3.HI/c1-18(2,3)22-16(23)12-21-17(19-4)20-10-9-13-11-14(24-5)7-8-15(13)25-6;/h7-8,11H,9-10,12H2,1-6H3,(H,22,23)(H2,19,20,21);1H. The van der Waals surface area contributed by atoms with E-state index in [2.05, 4.69) is 20.9 Å². The molecule has 0 saturated carbocycles. The maximum atomic E-state index is 11.8. The second kappa shape index (κ2) is 11.8. The first-order valence-corrected chi connectivity index (χ1v) is 8.25. The lowest BCUT2D eigenvalue weighted by atomic mass is 10.1. The lowest BCUT2D eigenvalue weighted by molar-refractivity contribution is -0.121. The molecule has 0 atom stereocenters. The zero-order valence-electron chi connectivity index (χ0n) is 16.4. The number of benzene rings is 1. The van der Waals surface area contributed by atoms with E-state index in [4.69, 9.17) is 9.47 Å². The number of aliphatic imine (C=N–C) groups is 1. The molecule has 0 unspecified atom stereocenters. The highest BCUT2D eigenvalue weighted by Gasteiger charge is 2.13. The quantitative estimate of drug-likeness (QED) is 0.317. The topological polar surface area (TPSA) is 84.0 Å². The lowest BCUT2D eigenvalue weighted by Gasteiger charge is -2.21. The van der Waals surface area contributed by atoms with Gasteiger partial charge in [0.2, 0.25) is 5.91 Å². The van der Waals surface area contributed by atoms with Gasteiger partial charge in [0, 0.05) is 19.1 Å². The number of halogens is 1. The van der Waals surface area contributed by atoms with Gasteiger partial charge in [0.05, 0.1) is 20.8 Å². The molecule has 0 heterocycles. The summed E-state index contributed by atoms with van der Waals surface area (Å²) in [6.07, 6.45) is 0.731. The Labute approximate surface area is 173 Å². The average molecular weight is 478 g/mol. The molecule has 7 nitrogen and oxygen atoms in total. The molecule has 0 saturated heterocycles. The van der Waals surface area contributed by atoms with Crippen LogP contribution in [0.1, 0.15) is 26.3 Å². The van der Waals surface area contributed by atoms with Crippen molar-refractivity contribution in [3.8, 4) is 11.5 Å². The van der Waals surface area contributed by atoms with Crippen LogP contribution in [0.4, 0.5) is 0 Å². The Kier molecular flexibility index (Phi) is 11.0. The van der Waals surface area contributed by atoms with Crippen LogP contribution in [0.3, 0.4) is 0 Å². The third kappa shape index (κ3) is 9.12. The molecule has 0 aliphatic carbocycles. The predicted octanol–water partition coefficient (Wildman–Crippen LogP) is 1.94. The maximum absolute atomic E-state index is 11.8. The molecule has 26 heavy (non-hydrogen) atoms. The summed E-state index contributed by atoms with van der Waals surface area (Å²) in [5.41, 5.74) is 0.786. The third-order valence-corrected chi connectivity index (χ3v) is 3.33. The molecule has 1 rings (SSSR count). The molecule has 0 aliphatic rings. The van der Waals surface area contributed by atoms with Crippen LogP contribution in [-0.2, 0) is 11.2 Å². The van der Waals surface area contributed by atoms with Gasteiger partial charge in [0.15, 0.2) is 5.96 Å². The Morgan fingerprint density at radius 1 is 1.15 bits per heavy atom. The van der Waals surface area contributed by atoms with E-state index in [9.17, 15) is 4.79 Å². The number of nitrogens with one attached hydrogen (secondary N) is 3. The van der Waals surface area contributed by atoms with Crippen molar-refractivity contribution < 1.29 is 14.3 Å². The van der Waals surface area contributed by atoms with E-state index >= 15 is 0 Å². The summed E-state index contributed by atoms with van der Waals surface area (Å²) < 4.78 is 10.6. The number of guanidine groups is 1. The van der Waals surface area contributed by atoms with Crippen molar-refractivity contribution in [2.24, 2.45) is 4.99 Å². The minimum atomic E-state index is -0.251. The van der Waals surface area contributed by atoms with E-state index in [-0.39, 0.29) is 42.0 Å². The van der Waals surface area contributed by atoms with Crippen molar-refractivity contribution in [3.05, 3.63) is 23.8 Å². The summed E-state index contributed by atoms with van der Waals surface area (Å²) in [5.74, 6) is 2.10. The van der Waals surface area contributed by atoms with Crippen LogP contribution in [0, 0.1) is 0 Å². The number of rotatable bonds is 7. The highest BCUT2D eigenvalue weighted by molar-refractivity contribution is 14.0. The number of nitrogens with zero attached hydrogens (tertiary/aromatic N) is 1. The zero-order chi connectivity index (χ0) is 18.9. The molecule has 8 heteroatoms. The molecular weight excluding hydrogens is 447 g/mol. The van der Waals surface area contributed by atoms with Crippen LogP contribution in [-0.4, -0.2) is 51.8 Å². The smallest absolute Gasteiger partial charge is 0.239 e. The number of carbonyl (C=O) groups excluding carboxylic acids is 1. The Morgan fingerprint density at radius 3 is 2.38 bits per heavy atom. The monoisotopic (exact) mass is 478 g/mol. The van der Waals surface area contributed by atoms with Crippen molar-refractivity contribution in [2.75, 3.05) is 34.4 Å². The fraction of sp³-hybridized carbons (Fsp3) is 0.556. The molecular formula is C18H31IN4O3. The average Bonchev–Trinajstić information content (AvgIpc) is 2.56. The van der Waals surface area contributed by atoms with E-state index in [0.29, 0.717) is 12.5 Å². The van der Waals surface area contributed by atoms with Gasteiger partial charge < -0.3 is 25.4 Å². The number of hydrogen-bond donors (Lipinski definition) is 3. The van der Waals surface area contributed by atoms with Crippen LogP contribution in [0.25, 0.3) is 0 Å². The Bertz CT molecular complexity index is 601. The van der Waals surface area contributed by atoms with Gasteiger partial charge in [-0.25, -0.2) is 0 Å². The van der Waals surface area contributed by atoms with Gasteiger partial charge in [-0.15, -0.1) is 24.0 Å². The first-order chi connectivity index (χ1) is 11.8. The van der Waals surface area contributed by atoms with Crippen molar-refractivity contribution in [3.63, 3.8) is 0 Å². The first kappa shape index (κ1) is 24.3. The van der Waals surface area contributed by atoms with Gasteiger partial charge in [0.1, 0.15) is 11.5 Å². The number of carbonyl (C=O) groups is 1. The highest BCUT2D eigenvalue weighted by Crippen LogP contribution is 2.24. The minimum absolute atomic E-state index is 0. The molecule has 3 N–H and O–H groups in total. The van der Waals surface area contributed by atoms with E-state index in [0.717, 1.165) is 23.5 Å². The summed E-state index contributed by atoms with van der Waals surface area (Å²) in [7, 11) is 4.95. The Morgan fingerprint density at radius 2 is 1.85 bits per heavy atom. The second-order valence-electron chi connectivity index (χ2n) is 6.58. The van der Waals surface area contributed by atoms with Gasteiger partial charge in [-0.1, -0.05) is 0 Å². The normalized spacial score (nSPS) is 11.2. The van der Waals surface area contributed by atoms with Crippen molar-refractivity contribution in [1.29, 1.82) is 0 Å². The maximum Gasteiger partial charge on any atom is 0.239 e. The Hall–Kier alpha value is -1.71. The molecule has 1 aromatic carbocycles. The van der Waals surface area contributed by atoms with Gasteiger partial charge in [-0.2, -0.15) is 0 Å². The predicted molar refractivity (Wildman–Crippen MR) is 116 cm³/mol. The third-order valence-electron chi connectivity index (χ3n) is 3.33. The molecule has 148 valence electrons. The van der Waals surface area contributed by atoms with Crippen LogP contribution in [0.5, 0.6) is 11.5 Å². The zero-order valence-corrected chi connectivity index (χ0v) is 18.8.